The van der Waals surface area contributed by atoms with Crippen molar-refractivity contribution >= 4 is 17.9 Å². The van der Waals surface area contributed by atoms with Gasteiger partial charge >= 0.3 is 6.09 Å². The zero-order chi connectivity index (χ0) is 40.6. The van der Waals surface area contributed by atoms with Crippen LogP contribution >= 0.6 is 0 Å². The van der Waals surface area contributed by atoms with E-state index in [1.54, 1.807) is 20.8 Å². The van der Waals surface area contributed by atoms with Crippen LogP contribution in [0.2, 0.25) is 0 Å². The Bertz CT molecular complexity index is 1520. The zero-order valence-electron chi connectivity index (χ0n) is 34.8. The highest BCUT2D eigenvalue weighted by Gasteiger charge is 2.67. The molecule has 0 bridgehead atoms. The number of nitrogens with zero attached hydrogens (tertiary/aromatic N) is 1. The number of hydrogen-bond acceptors (Lipinski definition) is 10. The smallest absolute Gasteiger partial charge is 0.408 e. The van der Waals surface area contributed by atoms with E-state index in [2.05, 4.69) is 31.4 Å². The van der Waals surface area contributed by atoms with E-state index >= 15 is 0 Å². The molecule has 3 saturated carbocycles. The van der Waals surface area contributed by atoms with Crippen molar-refractivity contribution in [1.29, 1.82) is 0 Å². The van der Waals surface area contributed by atoms with E-state index in [-0.39, 0.29) is 66.2 Å². The van der Waals surface area contributed by atoms with Gasteiger partial charge < -0.3 is 40.2 Å². The second kappa shape index (κ2) is 16.9. The van der Waals surface area contributed by atoms with Gasteiger partial charge in [-0.2, -0.15) is 0 Å². The summed E-state index contributed by atoms with van der Waals surface area (Å²) in [6.07, 6.45) is 5.72. The molecule has 5 fully saturated rings. The highest BCUT2D eigenvalue weighted by molar-refractivity contribution is 5.99. The van der Waals surface area contributed by atoms with Gasteiger partial charge in [0.05, 0.1) is 37.6 Å². The van der Waals surface area contributed by atoms with Gasteiger partial charge in [-0.25, -0.2) is 4.79 Å². The fourth-order valence-electron chi connectivity index (χ4n) is 11.7. The molecule has 2 aliphatic heterocycles. The number of aliphatic hydroxyl groups excluding tert-OH is 2. The topological polar surface area (TPSA) is 167 Å². The summed E-state index contributed by atoms with van der Waals surface area (Å²) in [5, 5.41) is 39.5. The summed E-state index contributed by atoms with van der Waals surface area (Å²) in [7, 11) is 0. The largest absolute Gasteiger partial charge is 0.444 e. The van der Waals surface area contributed by atoms with Crippen LogP contribution in [0.1, 0.15) is 112 Å². The summed E-state index contributed by atoms with van der Waals surface area (Å²) in [5.41, 5.74) is -1.05. The van der Waals surface area contributed by atoms with Crippen LogP contribution in [0.25, 0.3) is 0 Å². The van der Waals surface area contributed by atoms with Gasteiger partial charge in [0.15, 0.2) is 5.79 Å². The molecule has 2 saturated heterocycles. The second-order valence-electron chi connectivity index (χ2n) is 19.4. The van der Waals surface area contributed by atoms with Crippen LogP contribution in [0.5, 0.6) is 0 Å². The van der Waals surface area contributed by atoms with Gasteiger partial charge in [0, 0.05) is 31.3 Å². The number of imide groups is 1. The minimum atomic E-state index is -1.39. The van der Waals surface area contributed by atoms with Crippen molar-refractivity contribution in [2.45, 2.75) is 148 Å². The van der Waals surface area contributed by atoms with Crippen molar-refractivity contribution in [1.82, 2.24) is 15.5 Å². The number of nitrogens with one attached hydrogen (secondary N) is 2. The molecule has 0 radical (unpaired) electrons. The van der Waals surface area contributed by atoms with Gasteiger partial charge in [0.1, 0.15) is 11.6 Å². The van der Waals surface area contributed by atoms with Crippen molar-refractivity contribution in [3.63, 3.8) is 0 Å². The van der Waals surface area contributed by atoms with Crippen LogP contribution < -0.4 is 10.6 Å². The van der Waals surface area contributed by atoms with E-state index in [1.165, 1.54) is 4.90 Å². The summed E-state index contributed by atoms with van der Waals surface area (Å²) < 4.78 is 18.7. The number of fused-ring (bicyclic) bond motifs is 2. The molecule has 5 N–H and O–H groups in total. The number of ether oxygens (including phenoxy) is 3. The lowest BCUT2D eigenvalue weighted by molar-refractivity contribution is -0.273. The van der Waals surface area contributed by atoms with Gasteiger partial charge in [-0.05, 0) is 120 Å². The van der Waals surface area contributed by atoms with E-state index in [4.69, 9.17) is 14.2 Å². The summed E-state index contributed by atoms with van der Waals surface area (Å²) in [5.74, 6) is -1.09. The molecule has 12 nitrogen and oxygen atoms in total. The molecular formula is C44H69N3O9. The SMILES string of the molecule is C[C@@H]1CC[C@@]2(OC1)O[C@H]1C[C@@H]([C@@H]3CC[C@H]4C[C@@H](O)CC[C@]4(C)[C@H]3CCN(C(=O)CNCc3ccccc3)C(=O)[C@H](CO)NC(=O)OC(C)(C)C)[C@](C)(O)[C@H]1[C@@H]2C. The normalized spacial score (nSPS) is 38.7. The van der Waals surface area contributed by atoms with Crippen LogP contribution in [0.15, 0.2) is 30.3 Å². The van der Waals surface area contributed by atoms with E-state index in [9.17, 15) is 29.7 Å². The Hall–Kier alpha value is -2.61. The highest BCUT2D eigenvalue weighted by Crippen LogP contribution is 2.64. The molecule has 2 heterocycles. The first kappa shape index (κ1) is 43.0. The molecule has 314 valence electrons. The number of aliphatic hydroxyl groups is 3. The van der Waals surface area contributed by atoms with Crippen LogP contribution in [-0.2, 0) is 30.3 Å². The fourth-order valence-corrected chi connectivity index (χ4v) is 11.7. The number of hydrogen-bond donors (Lipinski definition) is 5. The van der Waals surface area contributed by atoms with Gasteiger partial charge in [0.2, 0.25) is 5.91 Å². The maximum Gasteiger partial charge on any atom is 0.408 e. The third-order valence-electron chi connectivity index (χ3n) is 14.6. The molecule has 5 aliphatic rings. The predicted molar refractivity (Wildman–Crippen MR) is 211 cm³/mol. The number of amides is 3. The molecule has 0 aromatic heterocycles. The molecule has 12 heteroatoms. The number of rotatable bonds is 11. The average molecular weight is 784 g/mol. The van der Waals surface area contributed by atoms with Crippen molar-refractivity contribution in [2.75, 3.05) is 26.3 Å². The van der Waals surface area contributed by atoms with Gasteiger partial charge in [-0.3, -0.25) is 14.5 Å². The first-order valence-corrected chi connectivity index (χ1v) is 21.3. The Balaban J connectivity index is 1.25. The third kappa shape index (κ3) is 8.86. The molecule has 0 unspecified atom stereocenters. The van der Waals surface area contributed by atoms with Gasteiger partial charge in [-0.1, -0.05) is 51.1 Å². The van der Waals surface area contributed by atoms with Gasteiger partial charge in [0.25, 0.3) is 5.91 Å². The van der Waals surface area contributed by atoms with Crippen LogP contribution in [-0.4, -0.2) is 99.7 Å². The molecule has 1 spiro atoms. The third-order valence-corrected chi connectivity index (χ3v) is 14.6. The minimum Gasteiger partial charge on any atom is -0.444 e. The standard InChI is InChI=1S/C44H69N3O9/c1-27-15-19-44(54-26-27)28(2)38-36(55-44)22-34(43(38,7)53)32-14-13-30-21-31(49)16-18-42(30,6)33(32)17-20-47(37(50)24-45-23-29-11-9-8-10-12-29)39(51)35(25-48)46-40(52)56-41(3,4)5/h8-12,27-28,30-36,38,45,48-49,53H,13-26H2,1-7H3,(H,46,52)/t27-,28+,30+,31+,32-,33+,34+,35+,36+,38+,42+,43+,44-/m1/s1. The summed E-state index contributed by atoms with van der Waals surface area (Å²) in [4.78, 5) is 42.3. The van der Waals surface area contributed by atoms with Crippen molar-refractivity contribution in [3.8, 4) is 0 Å². The number of benzene rings is 1. The number of carbonyl (C=O) groups is 3. The zero-order valence-corrected chi connectivity index (χ0v) is 34.8. The minimum absolute atomic E-state index is 0.0202. The van der Waals surface area contributed by atoms with Crippen LogP contribution in [0, 0.1) is 46.8 Å². The Morgan fingerprint density at radius 1 is 1.04 bits per heavy atom. The first-order valence-electron chi connectivity index (χ1n) is 21.3. The molecule has 13 atom stereocenters. The van der Waals surface area contributed by atoms with E-state index < -0.39 is 47.5 Å². The predicted octanol–water partition coefficient (Wildman–Crippen LogP) is 5.17. The van der Waals surface area contributed by atoms with Gasteiger partial charge in [-0.15, -0.1) is 0 Å². The second-order valence-corrected chi connectivity index (χ2v) is 19.4. The Morgan fingerprint density at radius 2 is 1.77 bits per heavy atom. The summed E-state index contributed by atoms with van der Waals surface area (Å²) in [6.45, 7) is 14.1. The monoisotopic (exact) mass is 784 g/mol. The maximum atomic E-state index is 14.3. The lowest BCUT2D eigenvalue weighted by Crippen LogP contribution is -2.56. The maximum absolute atomic E-state index is 14.3. The molecule has 3 aliphatic carbocycles. The van der Waals surface area contributed by atoms with Crippen molar-refractivity contribution in [3.05, 3.63) is 35.9 Å². The Morgan fingerprint density at radius 3 is 2.41 bits per heavy atom. The van der Waals surface area contributed by atoms with E-state index in [0.717, 1.165) is 37.7 Å². The Labute approximate surface area is 333 Å². The number of carbonyl (C=O) groups excluding carboxylic acids is 3. The lowest BCUT2D eigenvalue weighted by atomic mass is 9.49. The highest BCUT2D eigenvalue weighted by atomic mass is 16.7. The average Bonchev–Trinajstić information content (AvgIpc) is 3.56. The molecule has 1 aromatic carbocycles. The van der Waals surface area contributed by atoms with Crippen LogP contribution in [0.4, 0.5) is 4.79 Å². The molecule has 1 aromatic rings. The number of alkyl carbamates (subject to hydrolysis) is 1. The summed E-state index contributed by atoms with van der Waals surface area (Å²) >= 11 is 0. The molecule has 56 heavy (non-hydrogen) atoms. The molecule has 6 rings (SSSR count). The van der Waals surface area contributed by atoms with E-state index in [0.29, 0.717) is 44.8 Å². The molecular weight excluding hydrogens is 714 g/mol. The van der Waals surface area contributed by atoms with Crippen LogP contribution in [0.3, 0.4) is 0 Å². The quantitative estimate of drug-likeness (QED) is 0.202. The summed E-state index contributed by atoms with van der Waals surface area (Å²) in [6, 6.07) is 8.29. The fraction of sp³-hybridized carbons (Fsp3) is 0.795. The van der Waals surface area contributed by atoms with Crippen molar-refractivity contribution < 1.29 is 43.9 Å². The molecule has 3 amide bonds. The Kier molecular flexibility index (Phi) is 13.0. The first-order chi connectivity index (χ1) is 26.4. The lowest BCUT2D eigenvalue weighted by Gasteiger charge is -2.57. The van der Waals surface area contributed by atoms with Crippen molar-refractivity contribution in [2.24, 2.45) is 46.8 Å². The van der Waals surface area contributed by atoms with E-state index in [1.807, 2.05) is 37.3 Å².